The highest BCUT2D eigenvalue weighted by Crippen LogP contribution is 2.39. The third-order valence-electron chi connectivity index (χ3n) is 2.96. The molecule has 0 saturated heterocycles. The molecule has 0 heterocycles. The minimum absolute atomic E-state index is 0.0765. The lowest BCUT2D eigenvalue weighted by molar-refractivity contribution is -0.262. The first-order chi connectivity index (χ1) is 10.1. The predicted molar refractivity (Wildman–Crippen MR) is 71.2 cm³/mol. The maximum absolute atomic E-state index is 14.3. The van der Waals surface area contributed by atoms with Crippen LogP contribution in [0.4, 0.5) is 17.6 Å². The average molecular weight is 321 g/mol. The van der Waals surface area contributed by atoms with E-state index in [0.29, 0.717) is 11.6 Å². The Kier molecular flexibility index (Phi) is 5.67. The monoisotopic (exact) mass is 321 g/mol. The molecular weight excluding hydrogens is 306 g/mol. The molecule has 1 aromatic carbocycles. The number of carbonyl (C=O) groups is 1. The number of amides is 1. The number of carbonyl (C=O) groups excluding carboxylic acids is 1. The summed E-state index contributed by atoms with van der Waals surface area (Å²) in [6.07, 6.45) is -6.68. The summed E-state index contributed by atoms with van der Waals surface area (Å²) < 4.78 is 53.2. The fourth-order valence-corrected chi connectivity index (χ4v) is 1.63. The van der Waals surface area contributed by atoms with Crippen LogP contribution in [0.15, 0.2) is 36.4 Å². The van der Waals surface area contributed by atoms with Crippen LogP contribution in [0.25, 0.3) is 6.08 Å². The van der Waals surface area contributed by atoms with E-state index in [4.69, 9.17) is 0 Å². The number of aliphatic hydroxyl groups is 1. The van der Waals surface area contributed by atoms with E-state index >= 15 is 0 Å². The van der Waals surface area contributed by atoms with Crippen LogP contribution in [0.3, 0.4) is 0 Å². The van der Waals surface area contributed by atoms with Crippen LogP contribution in [-0.4, -0.2) is 48.2 Å². The van der Waals surface area contributed by atoms with Crippen LogP contribution < -0.4 is 0 Å². The van der Waals surface area contributed by atoms with Crippen molar-refractivity contribution in [3.63, 3.8) is 0 Å². The van der Waals surface area contributed by atoms with Gasteiger partial charge >= 0.3 is 11.8 Å². The summed E-state index contributed by atoms with van der Waals surface area (Å²) in [6, 6.07) is 7.99. The minimum atomic E-state index is -5.61. The molecule has 0 spiro atoms. The molecule has 4 nitrogen and oxygen atoms in total. The van der Waals surface area contributed by atoms with E-state index < -0.39 is 23.9 Å². The first-order valence-corrected chi connectivity index (χ1v) is 6.13. The van der Waals surface area contributed by atoms with Crippen molar-refractivity contribution in [2.45, 2.75) is 17.9 Å². The van der Waals surface area contributed by atoms with Gasteiger partial charge in [0.05, 0.1) is 7.11 Å². The highest BCUT2D eigenvalue weighted by atomic mass is 19.4. The topological polar surface area (TPSA) is 49.8 Å². The molecule has 0 aromatic heterocycles. The lowest BCUT2D eigenvalue weighted by atomic mass is 9.95. The van der Waals surface area contributed by atoms with Crippen LogP contribution in [-0.2, 0) is 9.63 Å². The zero-order chi connectivity index (χ0) is 17.0. The smallest absolute Gasteiger partial charge is 0.385 e. The summed E-state index contributed by atoms with van der Waals surface area (Å²) in [5.74, 6) is -2.05. The van der Waals surface area contributed by atoms with Gasteiger partial charge in [0.2, 0.25) is 0 Å². The van der Waals surface area contributed by atoms with Crippen LogP contribution >= 0.6 is 0 Å². The van der Waals surface area contributed by atoms with E-state index in [0.717, 1.165) is 20.2 Å². The number of aliphatic hydroxyl groups excluding tert-OH is 1. The third-order valence-corrected chi connectivity index (χ3v) is 2.96. The minimum Gasteiger partial charge on any atom is -0.385 e. The van der Waals surface area contributed by atoms with E-state index in [-0.39, 0.29) is 5.06 Å². The predicted octanol–water partition coefficient (Wildman–Crippen LogP) is 2.35. The number of alkyl halides is 4. The number of hydrogen-bond acceptors (Lipinski definition) is 3. The van der Waals surface area contributed by atoms with Crippen molar-refractivity contribution in [3.8, 4) is 0 Å². The Bertz CT molecular complexity index is 533. The summed E-state index contributed by atoms with van der Waals surface area (Å²) in [4.78, 5) is 15.9. The Balaban J connectivity index is 3.12. The van der Waals surface area contributed by atoms with Crippen molar-refractivity contribution in [2.24, 2.45) is 0 Å². The molecule has 22 heavy (non-hydrogen) atoms. The summed E-state index contributed by atoms with van der Waals surface area (Å²) in [5.41, 5.74) is -4.07. The molecule has 1 rings (SSSR count). The molecule has 0 fully saturated rings. The van der Waals surface area contributed by atoms with Crippen molar-refractivity contribution in [3.05, 3.63) is 42.0 Å². The zero-order valence-electron chi connectivity index (χ0n) is 11.8. The van der Waals surface area contributed by atoms with Gasteiger partial charge < -0.3 is 5.11 Å². The molecule has 8 heteroatoms. The number of rotatable bonds is 5. The van der Waals surface area contributed by atoms with E-state index in [2.05, 4.69) is 4.84 Å². The molecule has 0 radical (unpaired) electrons. The standard InChI is InChI=1S/C14H15F4NO3/c1-19(22-2)12(21)13(15,14(16,17)18)11(20)9-8-10-6-4-3-5-7-10/h3-9,11,20H,1-2H3/b9-8+/t11-,13+/m0/s1. The molecular formula is C14H15F4NO3. The summed E-state index contributed by atoms with van der Waals surface area (Å²) in [6.45, 7) is 0. The fourth-order valence-electron chi connectivity index (χ4n) is 1.63. The normalized spacial score (nSPS) is 16.3. The second kappa shape index (κ2) is 6.89. The summed E-state index contributed by atoms with van der Waals surface area (Å²) in [5, 5.41) is 9.67. The molecule has 122 valence electrons. The van der Waals surface area contributed by atoms with Crippen LogP contribution in [0, 0.1) is 0 Å². The second-order valence-corrected chi connectivity index (χ2v) is 4.41. The first-order valence-electron chi connectivity index (χ1n) is 6.13. The van der Waals surface area contributed by atoms with Gasteiger partial charge in [0, 0.05) is 7.05 Å². The largest absolute Gasteiger partial charge is 0.434 e. The van der Waals surface area contributed by atoms with Gasteiger partial charge in [0.1, 0.15) is 6.10 Å². The van der Waals surface area contributed by atoms with Gasteiger partial charge in [-0.15, -0.1) is 0 Å². The van der Waals surface area contributed by atoms with E-state index in [9.17, 15) is 27.5 Å². The lowest BCUT2D eigenvalue weighted by Crippen LogP contribution is -2.60. The second-order valence-electron chi connectivity index (χ2n) is 4.41. The third kappa shape index (κ3) is 3.63. The first kappa shape index (κ1) is 18.1. The maximum atomic E-state index is 14.3. The van der Waals surface area contributed by atoms with Gasteiger partial charge in [-0.05, 0) is 5.56 Å². The van der Waals surface area contributed by atoms with Gasteiger partial charge in [-0.25, -0.2) is 9.45 Å². The fraction of sp³-hybridized carbons (Fsp3) is 0.357. The number of benzene rings is 1. The van der Waals surface area contributed by atoms with Crippen molar-refractivity contribution < 1.29 is 32.3 Å². The van der Waals surface area contributed by atoms with Gasteiger partial charge in [-0.1, -0.05) is 42.5 Å². The Hall–Kier alpha value is -1.93. The van der Waals surface area contributed by atoms with Crippen LogP contribution in [0.1, 0.15) is 5.56 Å². The average Bonchev–Trinajstić information content (AvgIpc) is 2.50. The molecule has 0 aliphatic rings. The molecule has 1 aromatic rings. The SMILES string of the molecule is CON(C)C(=O)[C@](F)([C@@H](O)/C=C/c1ccccc1)C(F)(F)F. The van der Waals surface area contributed by atoms with Crippen LogP contribution in [0.2, 0.25) is 0 Å². The number of hydrogen-bond donors (Lipinski definition) is 1. The molecule has 0 bridgehead atoms. The molecule has 0 saturated carbocycles. The van der Waals surface area contributed by atoms with Crippen molar-refractivity contribution >= 4 is 12.0 Å². The molecule has 0 aliphatic carbocycles. The summed E-state index contributed by atoms with van der Waals surface area (Å²) >= 11 is 0. The van der Waals surface area contributed by atoms with Gasteiger partial charge in [-0.2, -0.15) is 13.2 Å². The summed E-state index contributed by atoms with van der Waals surface area (Å²) in [7, 11) is 1.72. The Morgan fingerprint density at radius 2 is 1.82 bits per heavy atom. The lowest BCUT2D eigenvalue weighted by Gasteiger charge is -2.31. The van der Waals surface area contributed by atoms with Gasteiger partial charge in [0.25, 0.3) is 5.91 Å². The number of halogens is 4. The van der Waals surface area contributed by atoms with E-state index in [1.54, 1.807) is 30.3 Å². The van der Waals surface area contributed by atoms with E-state index in [1.165, 1.54) is 0 Å². The van der Waals surface area contributed by atoms with Gasteiger partial charge in [0.15, 0.2) is 0 Å². The van der Waals surface area contributed by atoms with Crippen molar-refractivity contribution in [1.82, 2.24) is 5.06 Å². The molecule has 2 atom stereocenters. The molecule has 1 amide bonds. The van der Waals surface area contributed by atoms with Crippen molar-refractivity contribution in [2.75, 3.05) is 14.2 Å². The molecule has 0 unspecified atom stereocenters. The molecule has 1 N–H and O–H groups in total. The van der Waals surface area contributed by atoms with E-state index in [1.807, 2.05) is 0 Å². The zero-order valence-corrected chi connectivity index (χ0v) is 11.8. The highest BCUT2D eigenvalue weighted by molar-refractivity contribution is 5.86. The van der Waals surface area contributed by atoms with Crippen molar-refractivity contribution in [1.29, 1.82) is 0 Å². The highest BCUT2D eigenvalue weighted by Gasteiger charge is 2.66. The number of hydroxylamine groups is 2. The Morgan fingerprint density at radius 3 is 2.27 bits per heavy atom. The quantitative estimate of drug-likeness (QED) is 0.669. The van der Waals surface area contributed by atoms with Gasteiger partial charge in [-0.3, -0.25) is 9.63 Å². The molecule has 0 aliphatic heterocycles. The Labute approximate surface area is 124 Å². The van der Waals surface area contributed by atoms with Crippen LogP contribution in [0.5, 0.6) is 0 Å². The number of nitrogens with zero attached hydrogens (tertiary/aromatic N) is 1. The Morgan fingerprint density at radius 1 is 1.27 bits per heavy atom. The maximum Gasteiger partial charge on any atom is 0.434 e.